The fourth-order valence-corrected chi connectivity index (χ4v) is 2.15. The number of fused-ring (bicyclic) bond motifs is 3. The number of halogens is 3. The third kappa shape index (κ3) is 1.19. The number of hydrogen-bond donors (Lipinski definition) is 0. The SMILES string of the molecule is Cn1c2ccccc2c2c(F)nc(F)c(F)c21. The van der Waals surface area contributed by atoms with Crippen LogP contribution in [0.4, 0.5) is 13.2 Å². The van der Waals surface area contributed by atoms with Gasteiger partial charge in [-0.25, -0.2) is 0 Å². The van der Waals surface area contributed by atoms with Gasteiger partial charge in [0.25, 0.3) is 5.95 Å². The molecule has 0 radical (unpaired) electrons. The first-order chi connectivity index (χ1) is 8.11. The van der Waals surface area contributed by atoms with E-state index in [2.05, 4.69) is 4.98 Å². The number of benzene rings is 1. The van der Waals surface area contributed by atoms with Crippen LogP contribution in [0.3, 0.4) is 0 Å². The average molecular weight is 236 g/mol. The summed E-state index contributed by atoms with van der Waals surface area (Å²) in [7, 11) is 1.56. The Morgan fingerprint density at radius 1 is 1.06 bits per heavy atom. The first-order valence-electron chi connectivity index (χ1n) is 4.99. The summed E-state index contributed by atoms with van der Waals surface area (Å²) in [6.07, 6.45) is 0. The molecular formula is C12H7F3N2. The van der Waals surface area contributed by atoms with Crippen LogP contribution in [0.25, 0.3) is 21.8 Å². The van der Waals surface area contributed by atoms with E-state index in [1.807, 2.05) is 0 Å². The van der Waals surface area contributed by atoms with Crippen LogP contribution in [-0.2, 0) is 7.05 Å². The summed E-state index contributed by atoms with van der Waals surface area (Å²) < 4.78 is 41.8. The van der Waals surface area contributed by atoms with Crippen molar-refractivity contribution in [2.24, 2.45) is 7.05 Å². The van der Waals surface area contributed by atoms with E-state index in [4.69, 9.17) is 0 Å². The lowest BCUT2D eigenvalue weighted by Gasteiger charge is -1.99. The van der Waals surface area contributed by atoms with Crippen LogP contribution in [0.1, 0.15) is 0 Å². The molecule has 0 bridgehead atoms. The highest BCUT2D eigenvalue weighted by Gasteiger charge is 2.20. The molecule has 0 atom stereocenters. The lowest BCUT2D eigenvalue weighted by atomic mass is 10.2. The minimum absolute atomic E-state index is 0.0157. The average Bonchev–Trinajstić information content (AvgIpc) is 2.61. The van der Waals surface area contributed by atoms with Crippen molar-refractivity contribution in [3.63, 3.8) is 0 Å². The maximum atomic E-state index is 13.7. The molecule has 0 saturated carbocycles. The Bertz CT molecular complexity index is 746. The third-order valence-corrected chi connectivity index (χ3v) is 2.90. The molecule has 0 aliphatic rings. The fourth-order valence-electron chi connectivity index (χ4n) is 2.15. The van der Waals surface area contributed by atoms with Crippen LogP contribution in [0.5, 0.6) is 0 Å². The van der Waals surface area contributed by atoms with Crippen molar-refractivity contribution in [3.8, 4) is 0 Å². The Hall–Kier alpha value is -2.04. The predicted molar refractivity (Wildman–Crippen MR) is 58.1 cm³/mol. The lowest BCUT2D eigenvalue weighted by Crippen LogP contribution is -1.98. The van der Waals surface area contributed by atoms with Gasteiger partial charge in [0.2, 0.25) is 11.8 Å². The summed E-state index contributed by atoms with van der Waals surface area (Å²) in [5.41, 5.74) is 0.531. The van der Waals surface area contributed by atoms with E-state index in [1.54, 1.807) is 31.3 Å². The van der Waals surface area contributed by atoms with Gasteiger partial charge in [0, 0.05) is 18.0 Å². The van der Waals surface area contributed by atoms with Gasteiger partial charge in [0.15, 0.2) is 0 Å². The van der Waals surface area contributed by atoms with E-state index in [-0.39, 0.29) is 10.9 Å². The maximum Gasteiger partial charge on any atom is 0.253 e. The van der Waals surface area contributed by atoms with E-state index in [1.165, 1.54) is 4.57 Å². The van der Waals surface area contributed by atoms with Gasteiger partial charge >= 0.3 is 0 Å². The van der Waals surface area contributed by atoms with Crippen molar-refractivity contribution in [2.45, 2.75) is 0 Å². The van der Waals surface area contributed by atoms with Crippen molar-refractivity contribution in [1.29, 1.82) is 0 Å². The quantitative estimate of drug-likeness (QED) is 0.548. The van der Waals surface area contributed by atoms with Crippen LogP contribution in [0.15, 0.2) is 24.3 Å². The molecule has 0 aliphatic carbocycles. The molecular weight excluding hydrogens is 229 g/mol. The molecule has 2 aromatic heterocycles. The second kappa shape index (κ2) is 3.23. The van der Waals surface area contributed by atoms with Gasteiger partial charge in [-0.2, -0.15) is 18.2 Å². The minimum Gasteiger partial charge on any atom is -0.341 e. The summed E-state index contributed by atoms with van der Waals surface area (Å²) in [4.78, 5) is 2.94. The van der Waals surface area contributed by atoms with Crippen molar-refractivity contribution >= 4 is 21.8 Å². The molecule has 3 rings (SSSR count). The van der Waals surface area contributed by atoms with Crippen LogP contribution in [0, 0.1) is 17.7 Å². The summed E-state index contributed by atoms with van der Waals surface area (Å²) >= 11 is 0. The highest BCUT2D eigenvalue weighted by molar-refractivity contribution is 6.08. The molecule has 5 heteroatoms. The molecule has 0 fully saturated rings. The first kappa shape index (κ1) is 10.1. The Labute approximate surface area is 94.3 Å². The number of hydrogen-bond acceptors (Lipinski definition) is 1. The van der Waals surface area contributed by atoms with Crippen molar-refractivity contribution < 1.29 is 13.2 Å². The van der Waals surface area contributed by atoms with Gasteiger partial charge < -0.3 is 4.57 Å². The number of para-hydroxylation sites is 1. The number of nitrogens with zero attached hydrogens (tertiary/aromatic N) is 2. The number of rotatable bonds is 0. The fraction of sp³-hybridized carbons (Fsp3) is 0.0833. The zero-order chi connectivity index (χ0) is 12.2. The van der Waals surface area contributed by atoms with Gasteiger partial charge in [0.1, 0.15) is 0 Å². The van der Waals surface area contributed by atoms with Gasteiger partial charge in [0.05, 0.1) is 10.9 Å². The van der Waals surface area contributed by atoms with E-state index in [0.29, 0.717) is 10.9 Å². The molecule has 0 unspecified atom stereocenters. The van der Waals surface area contributed by atoms with Crippen molar-refractivity contribution in [3.05, 3.63) is 42.0 Å². The molecule has 3 aromatic rings. The van der Waals surface area contributed by atoms with Crippen molar-refractivity contribution in [1.82, 2.24) is 9.55 Å². The topological polar surface area (TPSA) is 17.8 Å². The summed E-state index contributed by atoms with van der Waals surface area (Å²) in [6.45, 7) is 0. The standard InChI is InChI=1S/C12H7F3N2/c1-17-7-5-3-2-4-6(7)8-10(17)9(13)12(15)16-11(8)14/h2-5H,1H3. The first-order valence-corrected chi connectivity index (χ1v) is 4.99. The smallest absolute Gasteiger partial charge is 0.253 e. The van der Waals surface area contributed by atoms with E-state index in [9.17, 15) is 13.2 Å². The second-order valence-electron chi connectivity index (χ2n) is 3.81. The van der Waals surface area contributed by atoms with E-state index >= 15 is 0 Å². The van der Waals surface area contributed by atoms with Gasteiger partial charge in [-0.05, 0) is 6.07 Å². The summed E-state index contributed by atoms with van der Waals surface area (Å²) in [5.74, 6) is -3.53. The molecule has 2 nitrogen and oxygen atoms in total. The molecule has 17 heavy (non-hydrogen) atoms. The normalized spacial score (nSPS) is 11.5. The largest absolute Gasteiger partial charge is 0.341 e. The molecule has 1 aromatic carbocycles. The highest BCUT2D eigenvalue weighted by atomic mass is 19.2. The van der Waals surface area contributed by atoms with Gasteiger partial charge in [-0.1, -0.05) is 18.2 Å². The van der Waals surface area contributed by atoms with Crippen LogP contribution in [0.2, 0.25) is 0 Å². The molecule has 0 amide bonds. The molecule has 0 aliphatic heterocycles. The number of pyridine rings is 1. The lowest BCUT2D eigenvalue weighted by molar-refractivity contribution is 0.457. The zero-order valence-corrected chi connectivity index (χ0v) is 8.84. The van der Waals surface area contributed by atoms with Crippen molar-refractivity contribution in [2.75, 3.05) is 0 Å². The van der Waals surface area contributed by atoms with Gasteiger partial charge in [-0.15, -0.1) is 0 Å². The molecule has 0 N–H and O–H groups in total. The Morgan fingerprint density at radius 2 is 1.76 bits per heavy atom. The summed E-state index contributed by atoms with van der Waals surface area (Å²) in [5, 5.41) is 0.538. The molecule has 0 spiro atoms. The highest BCUT2D eigenvalue weighted by Crippen LogP contribution is 2.31. The second-order valence-corrected chi connectivity index (χ2v) is 3.81. The zero-order valence-electron chi connectivity index (χ0n) is 8.84. The number of aromatic nitrogens is 2. The van der Waals surface area contributed by atoms with E-state index in [0.717, 1.165) is 0 Å². The predicted octanol–water partition coefficient (Wildman–Crippen LogP) is 3.14. The maximum absolute atomic E-state index is 13.7. The van der Waals surface area contributed by atoms with E-state index < -0.39 is 17.7 Å². The number of aryl methyl sites for hydroxylation is 1. The Morgan fingerprint density at radius 3 is 2.53 bits per heavy atom. The monoisotopic (exact) mass is 236 g/mol. The molecule has 0 saturated heterocycles. The van der Waals surface area contributed by atoms with Crippen LogP contribution >= 0.6 is 0 Å². The Kier molecular flexibility index (Phi) is 1.92. The molecule has 86 valence electrons. The summed E-state index contributed by atoms with van der Waals surface area (Å²) in [6, 6.07) is 6.83. The van der Waals surface area contributed by atoms with Gasteiger partial charge in [-0.3, -0.25) is 0 Å². The van der Waals surface area contributed by atoms with Crippen LogP contribution in [-0.4, -0.2) is 9.55 Å². The molecule has 2 heterocycles. The third-order valence-electron chi connectivity index (χ3n) is 2.90. The van der Waals surface area contributed by atoms with Crippen LogP contribution < -0.4 is 0 Å². The minimum atomic E-state index is -1.42. The Balaban J connectivity index is 2.71.